The van der Waals surface area contributed by atoms with Gasteiger partial charge in [-0.05, 0) is 23.4 Å². The Kier molecular flexibility index (Phi) is 7.01. The molecule has 8 heteroatoms. The number of benzene rings is 1. The maximum atomic E-state index is 13.0. The summed E-state index contributed by atoms with van der Waals surface area (Å²) in [6.07, 6.45) is 0.826. The molecule has 0 atom stereocenters. The smallest absolute Gasteiger partial charge is 0.252 e. The van der Waals surface area contributed by atoms with Gasteiger partial charge in [-0.1, -0.05) is 36.4 Å². The Morgan fingerprint density at radius 3 is 2.48 bits per heavy atom. The van der Waals surface area contributed by atoms with Crippen molar-refractivity contribution >= 4 is 27.3 Å². The summed E-state index contributed by atoms with van der Waals surface area (Å²) in [4.78, 5) is 14.3. The van der Waals surface area contributed by atoms with Crippen LogP contribution in [0.1, 0.15) is 12.0 Å². The predicted octanol–water partition coefficient (Wildman–Crippen LogP) is 1.80. The van der Waals surface area contributed by atoms with Gasteiger partial charge in [0.25, 0.3) is 10.0 Å². The maximum Gasteiger partial charge on any atom is 0.252 e. The number of rotatable bonds is 8. The van der Waals surface area contributed by atoms with E-state index in [1.54, 1.807) is 17.5 Å². The fraction of sp³-hybridized carbons (Fsp3) is 0.421. The second kappa shape index (κ2) is 9.45. The van der Waals surface area contributed by atoms with Gasteiger partial charge in [0, 0.05) is 45.7 Å². The van der Waals surface area contributed by atoms with Gasteiger partial charge in [-0.25, -0.2) is 8.42 Å². The Labute approximate surface area is 164 Å². The van der Waals surface area contributed by atoms with Crippen LogP contribution in [0.5, 0.6) is 0 Å². The second-order valence-corrected chi connectivity index (χ2v) is 9.57. The quantitative estimate of drug-likeness (QED) is 0.725. The van der Waals surface area contributed by atoms with Crippen molar-refractivity contribution in [3.05, 3.63) is 53.4 Å². The van der Waals surface area contributed by atoms with Crippen molar-refractivity contribution in [2.45, 2.75) is 17.1 Å². The third-order valence-corrected chi connectivity index (χ3v) is 7.90. The summed E-state index contributed by atoms with van der Waals surface area (Å²) in [6, 6.07) is 13.2. The molecule has 1 aromatic carbocycles. The van der Waals surface area contributed by atoms with Crippen LogP contribution < -0.4 is 5.32 Å². The third-order valence-electron chi connectivity index (χ3n) is 4.63. The number of hydrogen-bond donors (Lipinski definition) is 1. The number of sulfonamides is 1. The van der Waals surface area contributed by atoms with E-state index in [0.29, 0.717) is 30.3 Å². The number of carbonyl (C=O) groups excluding carboxylic acids is 1. The Bertz CT molecular complexity index is 817. The van der Waals surface area contributed by atoms with Crippen LogP contribution in [0.3, 0.4) is 0 Å². The minimum Gasteiger partial charge on any atom is -0.340 e. The predicted molar refractivity (Wildman–Crippen MR) is 107 cm³/mol. The Morgan fingerprint density at radius 2 is 1.81 bits per heavy atom. The van der Waals surface area contributed by atoms with Crippen LogP contribution >= 0.6 is 11.3 Å². The summed E-state index contributed by atoms with van der Waals surface area (Å²) in [5.41, 5.74) is 1.08. The summed E-state index contributed by atoms with van der Waals surface area (Å²) in [7, 11) is -3.59. The first kappa shape index (κ1) is 20.0. The molecule has 0 bridgehead atoms. The minimum absolute atomic E-state index is 0.0163. The van der Waals surface area contributed by atoms with Gasteiger partial charge < -0.3 is 10.2 Å². The first-order valence-electron chi connectivity index (χ1n) is 9.13. The Morgan fingerprint density at radius 1 is 1.07 bits per heavy atom. The van der Waals surface area contributed by atoms with E-state index in [9.17, 15) is 13.2 Å². The highest BCUT2D eigenvalue weighted by Gasteiger charge is 2.26. The Balaban J connectivity index is 1.68. The molecule has 1 aromatic heterocycles. The van der Waals surface area contributed by atoms with E-state index in [1.165, 1.54) is 15.6 Å². The highest BCUT2D eigenvalue weighted by Crippen LogP contribution is 2.21. The van der Waals surface area contributed by atoms with Crippen molar-refractivity contribution < 1.29 is 13.2 Å². The molecule has 0 unspecified atom stereocenters. The molecule has 0 radical (unpaired) electrons. The normalized spacial score (nSPS) is 15.2. The van der Waals surface area contributed by atoms with Gasteiger partial charge in [-0.3, -0.25) is 4.79 Å². The van der Waals surface area contributed by atoms with Crippen LogP contribution in [0.2, 0.25) is 0 Å². The van der Waals surface area contributed by atoms with Gasteiger partial charge in [-0.2, -0.15) is 4.31 Å². The lowest BCUT2D eigenvalue weighted by molar-refractivity contribution is -0.131. The standard InChI is InChI=1S/C19H25N3O3S2/c23-18(21-14-10-20-11-15-21)9-13-22(12-8-17-5-2-1-3-6-17)27(24,25)19-7-4-16-26-19/h1-7,16,20H,8-15H2. The van der Waals surface area contributed by atoms with E-state index in [4.69, 9.17) is 0 Å². The van der Waals surface area contributed by atoms with Crippen molar-refractivity contribution in [2.24, 2.45) is 0 Å². The molecule has 0 spiro atoms. The topological polar surface area (TPSA) is 69.7 Å². The molecule has 27 heavy (non-hydrogen) atoms. The monoisotopic (exact) mass is 407 g/mol. The van der Waals surface area contributed by atoms with E-state index < -0.39 is 10.0 Å². The minimum atomic E-state index is -3.59. The van der Waals surface area contributed by atoms with Crippen molar-refractivity contribution in [3.8, 4) is 0 Å². The van der Waals surface area contributed by atoms with Crippen molar-refractivity contribution in [1.29, 1.82) is 0 Å². The fourth-order valence-corrected chi connectivity index (χ4v) is 5.67. The molecule has 1 fully saturated rings. The van der Waals surface area contributed by atoms with Gasteiger partial charge in [0.15, 0.2) is 0 Å². The number of piperazine rings is 1. The molecule has 0 aliphatic carbocycles. The highest BCUT2D eigenvalue weighted by molar-refractivity contribution is 7.91. The third kappa shape index (κ3) is 5.38. The van der Waals surface area contributed by atoms with Crippen LogP contribution in [0.4, 0.5) is 0 Å². The average molecular weight is 408 g/mol. The van der Waals surface area contributed by atoms with Crippen LogP contribution in [-0.2, 0) is 21.2 Å². The first-order chi connectivity index (χ1) is 13.1. The van der Waals surface area contributed by atoms with Crippen molar-refractivity contribution in [1.82, 2.24) is 14.5 Å². The summed E-state index contributed by atoms with van der Waals surface area (Å²) < 4.78 is 27.8. The van der Waals surface area contributed by atoms with Crippen molar-refractivity contribution in [3.63, 3.8) is 0 Å². The number of nitrogens with one attached hydrogen (secondary N) is 1. The van der Waals surface area contributed by atoms with Crippen LogP contribution in [0.15, 0.2) is 52.1 Å². The molecule has 3 rings (SSSR count). The molecule has 1 aliphatic heterocycles. The lowest BCUT2D eigenvalue weighted by Gasteiger charge is -2.28. The zero-order valence-corrected chi connectivity index (χ0v) is 16.8. The molecule has 2 aromatic rings. The van der Waals surface area contributed by atoms with E-state index in [0.717, 1.165) is 18.7 Å². The molecule has 1 saturated heterocycles. The van der Waals surface area contributed by atoms with Gasteiger partial charge in [0.2, 0.25) is 5.91 Å². The fourth-order valence-electron chi connectivity index (χ4n) is 3.08. The summed E-state index contributed by atoms with van der Waals surface area (Å²) >= 11 is 1.21. The van der Waals surface area contributed by atoms with E-state index in [2.05, 4.69) is 5.32 Å². The zero-order valence-electron chi connectivity index (χ0n) is 15.2. The summed E-state index contributed by atoms with van der Waals surface area (Å²) in [5.74, 6) is 0.0163. The van der Waals surface area contributed by atoms with E-state index in [-0.39, 0.29) is 18.9 Å². The van der Waals surface area contributed by atoms with Gasteiger partial charge >= 0.3 is 0 Å². The number of nitrogens with zero attached hydrogens (tertiary/aromatic N) is 2. The molecule has 146 valence electrons. The molecule has 0 saturated carbocycles. The van der Waals surface area contributed by atoms with Gasteiger partial charge in [-0.15, -0.1) is 11.3 Å². The summed E-state index contributed by atoms with van der Waals surface area (Å²) in [5, 5.41) is 4.97. The highest BCUT2D eigenvalue weighted by atomic mass is 32.2. The lowest BCUT2D eigenvalue weighted by Crippen LogP contribution is -2.47. The molecule has 1 amide bonds. The summed E-state index contributed by atoms with van der Waals surface area (Å²) in [6.45, 7) is 3.50. The number of carbonyl (C=O) groups is 1. The average Bonchev–Trinajstić information content (AvgIpc) is 3.25. The lowest BCUT2D eigenvalue weighted by atomic mass is 10.1. The Hall–Kier alpha value is -1.74. The molecular formula is C19H25N3O3S2. The number of amides is 1. The van der Waals surface area contributed by atoms with Gasteiger partial charge in [0.1, 0.15) is 4.21 Å². The van der Waals surface area contributed by atoms with Crippen LogP contribution in [-0.4, -0.2) is 62.8 Å². The molecule has 1 aliphatic rings. The molecule has 6 nitrogen and oxygen atoms in total. The van der Waals surface area contributed by atoms with Crippen LogP contribution in [0.25, 0.3) is 0 Å². The van der Waals surface area contributed by atoms with Crippen LogP contribution in [0, 0.1) is 0 Å². The van der Waals surface area contributed by atoms with E-state index in [1.807, 2.05) is 35.2 Å². The van der Waals surface area contributed by atoms with E-state index >= 15 is 0 Å². The molecule has 1 N–H and O–H groups in total. The zero-order chi connectivity index (χ0) is 19.1. The number of hydrogen-bond acceptors (Lipinski definition) is 5. The maximum absolute atomic E-state index is 13.0. The first-order valence-corrected chi connectivity index (χ1v) is 11.5. The van der Waals surface area contributed by atoms with Gasteiger partial charge in [0.05, 0.1) is 0 Å². The van der Waals surface area contributed by atoms with Crippen molar-refractivity contribution in [2.75, 3.05) is 39.3 Å². The molecular weight excluding hydrogens is 382 g/mol. The second-order valence-electron chi connectivity index (χ2n) is 6.45. The SMILES string of the molecule is O=C(CCN(CCc1ccccc1)S(=O)(=O)c1cccs1)N1CCNCC1. The molecule has 2 heterocycles. The largest absolute Gasteiger partial charge is 0.340 e. The number of thiophene rings is 1.